The highest BCUT2D eigenvalue weighted by atomic mass is 35.5. The van der Waals surface area contributed by atoms with Gasteiger partial charge in [-0.15, -0.1) is 0 Å². The van der Waals surface area contributed by atoms with Crippen molar-refractivity contribution in [3.63, 3.8) is 0 Å². The molecule has 0 atom stereocenters. The minimum absolute atomic E-state index is 0.174. The van der Waals surface area contributed by atoms with Crippen LogP contribution in [0.5, 0.6) is 0 Å². The van der Waals surface area contributed by atoms with Crippen molar-refractivity contribution in [3.8, 4) is 5.69 Å². The first-order valence-electron chi connectivity index (χ1n) is 6.71. The van der Waals surface area contributed by atoms with Gasteiger partial charge in [0.25, 0.3) is 0 Å². The molecule has 0 saturated heterocycles. The lowest BCUT2D eigenvalue weighted by Gasteiger charge is -1.99. The summed E-state index contributed by atoms with van der Waals surface area (Å²) in [5.41, 5.74) is 1.73. The Balaban J connectivity index is 1.75. The molecule has 110 valence electrons. The van der Waals surface area contributed by atoms with Crippen LogP contribution >= 0.6 is 11.6 Å². The summed E-state index contributed by atoms with van der Waals surface area (Å²) in [4.78, 5) is 11.9. The van der Waals surface area contributed by atoms with Crippen molar-refractivity contribution < 1.29 is 9.21 Å². The number of rotatable bonds is 4. The summed E-state index contributed by atoms with van der Waals surface area (Å²) >= 11 is 5.86. The molecule has 0 aliphatic carbocycles. The van der Waals surface area contributed by atoms with Crippen LogP contribution in [0.1, 0.15) is 21.9 Å². The molecule has 3 rings (SSSR count). The van der Waals surface area contributed by atoms with Gasteiger partial charge in [0.05, 0.1) is 11.9 Å². The number of furan rings is 1. The van der Waals surface area contributed by atoms with E-state index in [2.05, 4.69) is 5.10 Å². The molecule has 0 amide bonds. The van der Waals surface area contributed by atoms with Crippen molar-refractivity contribution in [2.24, 2.45) is 0 Å². The van der Waals surface area contributed by atoms with E-state index in [1.807, 2.05) is 18.3 Å². The fourth-order valence-corrected chi connectivity index (χ4v) is 2.10. The molecule has 1 aromatic carbocycles. The highest BCUT2D eigenvalue weighted by Crippen LogP contribution is 2.14. The Hall–Kier alpha value is -2.59. The molecule has 3 aromatic rings. The van der Waals surface area contributed by atoms with Crippen molar-refractivity contribution in [1.29, 1.82) is 0 Å². The standard InChI is InChI=1S/C17H13ClN2O2/c1-12-2-9-17(22-12)16(21)8-3-13-10-19-20(11-13)15-6-4-14(18)5-7-15/h2-11H,1H3/b8-3-. The second-order valence-electron chi connectivity index (χ2n) is 4.80. The maximum atomic E-state index is 11.9. The summed E-state index contributed by atoms with van der Waals surface area (Å²) < 4.78 is 7.01. The Morgan fingerprint density at radius 2 is 2.00 bits per heavy atom. The lowest BCUT2D eigenvalue weighted by molar-refractivity contribution is 0.102. The third kappa shape index (κ3) is 3.18. The first kappa shape index (κ1) is 14.4. The molecular weight excluding hydrogens is 300 g/mol. The average Bonchev–Trinajstić information content (AvgIpc) is 3.15. The summed E-state index contributed by atoms with van der Waals surface area (Å²) in [6.07, 6.45) is 6.70. The van der Waals surface area contributed by atoms with E-state index in [4.69, 9.17) is 16.0 Å². The average molecular weight is 313 g/mol. The van der Waals surface area contributed by atoms with Crippen LogP contribution < -0.4 is 0 Å². The van der Waals surface area contributed by atoms with Crippen LogP contribution in [0.15, 0.2) is 59.3 Å². The number of ketones is 1. The summed E-state index contributed by atoms with van der Waals surface area (Å²) in [5.74, 6) is 0.874. The first-order chi connectivity index (χ1) is 10.6. The predicted octanol–water partition coefficient (Wildman–Crippen LogP) is 4.32. The van der Waals surface area contributed by atoms with E-state index < -0.39 is 0 Å². The molecule has 0 saturated carbocycles. The number of hydrogen-bond donors (Lipinski definition) is 0. The summed E-state index contributed by atoms with van der Waals surface area (Å²) in [6, 6.07) is 10.8. The number of allylic oxidation sites excluding steroid dienone is 1. The third-order valence-electron chi connectivity index (χ3n) is 3.10. The van der Waals surface area contributed by atoms with Crippen LogP contribution in [0.4, 0.5) is 0 Å². The van der Waals surface area contributed by atoms with Crippen molar-refractivity contribution in [1.82, 2.24) is 9.78 Å². The second kappa shape index (κ2) is 6.03. The van der Waals surface area contributed by atoms with E-state index in [1.54, 1.807) is 48.1 Å². The fourth-order valence-electron chi connectivity index (χ4n) is 1.98. The van der Waals surface area contributed by atoms with Gasteiger partial charge in [0.1, 0.15) is 5.76 Å². The molecule has 0 fully saturated rings. The third-order valence-corrected chi connectivity index (χ3v) is 3.36. The van der Waals surface area contributed by atoms with E-state index in [1.165, 1.54) is 6.08 Å². The zero-order valence-electron chi connectivity index (χ0n) is 11.9. The van der Waals surface area contributed by atoms with E-state index in [0.29, 0.717) is 16.5 Å². The van der Waals surface area contributed by atoms with Gasteiger partial charge in [0.15, 0.2) is 5.76 Å². The van der Waals surface area contributed by atoms with Crippen LogP contribution in [-0.4, -0.2) is 15.6 Å². The number of hydrogen-bond acceptors (Lipinski definition) is 3. The van der Waals surface area contributed by atoms with Gasteiger partial charge >= 0.3 is 0 Å². The Kier molecular flexibility index (Phi) is 3.94. The molecule has 2 heterocycles. The Bertz CT molecular complexity index is 828. The smallest absolute Gasteiger partial charge is 0.221 e. The molecule has 0 aliphatic rings. The van der Waals surface area contributed by atoms with Gasteiger partial charge in [-0.1, -0.05) is 11.6 Å². The predicted molar refractivity (Wildman–Crippen MR) is 85.4 cm³/mol. The van der Waals surface area contributed by atoms with Crippen LogP contribution in [0.2, 0.25) is 5.02 Å². The summed E-state index contributed by atoms with van der Waals surface area (Å²) in [6.45, 7) is 1.80. The van der Waals surface area contributed by atoms with E-state index in [-0.39, 0.29) is 5.78 Å². The van der Waals surface area contributed by atoms with Crippen molar-refractivity contribution >= 4 is 23.5 Å². The van der Waals surface area contributed by atoms with Gasteiger partial charge in [-0.25, -0.2) is 4.68 Å². The second-order valence-corrected chi connectivity index (χ2v) is 5.24. The van der Waals surface area contributed by atoms with Crippen LogP contribution in [0.25, 0.3) is 11.8 Å². The number of halogens is 1. The normalized spacial score (nSPS) is 11.2. The minimum atomic E-state index is -0.174. The monoisotopic (exact) mass is 312 g/mol. The lowest BCUT2D eigenvalue weighted by Crippen LogP contribution is -1.92. The number of carbonyl (C=O) groups is 1. The molecule has 0 unspecified atom stereocenters. The van der Waals surface area contributed by atoms with Crippen molar-refractivity contribution in [2.45, 2.75) is 6.92 Å². The zero-order valence-corrected chi connectivity index (χ0v) is 12.6. The number of aromatic nitrogens is 2. The van der Waals surface area contributed by atoms with Crippen LogP contribution in [0, 0.1) is 6.92 Å². The van der Waals surface area contributed by atoms with Gasteiger partial charge in [-0.05, 0) is 55.5 Å². The maximum absolute atomic E-state index is 11.9. The highest BCUT2D eigenvalue weighted by Gasteiger charge is 2.06. The summed E-state index contributed by atoms with van der Waals surface area (Å²) in [7, 11) is 0. The van der Waals surface area contributed by atoms with E-state index >= 15 is 0 Å². The van der Waals surface area contributed by atoms with Gasteiger partial charge < -0.3 is 4.42 Å². The summed E-state index contributed by atoms with van der Waals surface area (Å²) in [5, 5.41) is 4.93. The topological polar surface area (TPSA) is 48.0 Å². The van der Waals surface area contributed by atoms with E-state index in [9.17, 15) is 4.79 Å². The maximum Gasteiger partial charge on any atom is 0.221 e. The minimum Gasteiger partial charge on any atom is -0.458 e. The largest absolute Gasteiger partial charge is 0.458 e. The molecular formula is C17H13ClN2O2. The molecule has 4 nitrogen and oxygen atoms in total. The van der Waals surface area contributed by atoms with Gasteiger partial charge in [-0.2, -0.15) is 5.10 Å². The molecule has 0 N–H and O–H groups in total. The molecule has 0 spiro atoms. The molecule has 5 heteroatoms. The fraction of sp³-hybridized carbons (Fsp3) is 0.0588. The number of aryl methyl sites for hydroxylation is 1. The zero-order chi connectivity index (χ0) is 15.5. The number of benzene rings is 1. The van der Waals surface area contributed by atoms with E-state index in [0.717, 1.165) is 11.3 Å². The molecule has 22 heavy (non-hydrogen) atoms. The van der Waals surface area contributed by atoms with Gasteiger partial charge in [0, 0.05) is 16.8 Å². The first-order valence-corrected chi connectivity index (χ1v) is 7.09. The number of carbonyl (C=O) groups excluding carboxylic acids is 1. The Labute approximate surface area is 132 Å². The quantitative estimate of drug-likeness (QED) is 0.532. The molecule has 0 radical (unpaired) electrons. The Morgan fingerprint density at radius 3 is 2.68 bits per heavy atom. The number of nitrogens with zero attached hydrogens (tertiary/aromatic N) is 2. The Morgan fingerprint density at radius 1 is 1.23 bits per heavy atom. The van der Waals surface area contributed by atoms with Crippen LogP contribution in [-0.2, 0) is 0 Å². The SMILES string of the molecule is Cc1ccc(C(=O)/C=C\c2cnn(-c3ccc(Cl)cc3)c2)o1. The molecule has 0 aliphatic heterocycles. The van der Waals surface area contributed by atoms with Gasteiger partial charge in [-0.3, -0.25) is 4.79 Å². The highest BCUT2D eigenvalue weighted by molar-refractivity contribution is 6.30. The van der Waals surface area contributed by atoms with Crippen molar-refractivity contribution in [2.75, 3.05) is 0 Å². The van der Waals surface area contributed by atoms with Crippen LogP contribution in [0.3, 0.4) is 0 Å². The van der Waals surface area contributed by atoms with Gasteiger partial charge in [0.2, 0.25) is 5.78 Å². The lowest BCUT2D eigenvalue weighted by atomic mass is 10.2. The van der Waals surface area contributed by atoms with Crippen molar-refractivity contribution in [3.05, 3.63) is 77.0 Å². The molecule has 2 aromatic heterocycles. The molecule has 0 bridgehead atoms.